The van der Waals surface area contributed by atoms with Crippen molar-refractivity contribution in [3.8, 4) is 0 Å². The van der Waals surface area contributed by atoms with E-state index in [-0.39, 0.29) is 12.1 Å². The number of carbonyl (C=O) groups excluding carboxylic acids is 1. The minimum Gasteiger partial charge on any atom is -0.391 e. The SMILES string of the molecule is C[C@@H]1[C@@H]2CC[C@@H]([C@H](O)C2)N1C=O. The maximum Gasteiger partial charge on any atom is 0.210 e. The molecule has 3 aliphatic rings. The normalized spacial score (nSPS) is 46.3. The van der Waals surface area contributed by atoms with Gasteiger partial charge in [0.2, 0.25) is 6.41 Å². The van der Waals surface area contributed by atoms with E-state index in [1.165, 1.54) is 6.42 Å². The van der Waals surface area contributed by atoms with E-state index < -0.39 is 0 Å². The molecule has 0 radical (unpaired) electrons. The average Bonchev–Trinajstić information content (AvgIpc) is 2.07. The van der Waals surface area contributed by atoms with Crippen LogP contribution in [0.4, 0.5) is 0 Å². The molecule has 4 atom stereocenters. The summed E-state index contributed by atoms with van der Waals surface area (Å²) in [5.41, 5.74) is 0. The van der Waals surface area contributed by atoms with Crippen LogP contribution in [0.2, 0.25) is 0 Å². The summed E-state index contributed by atoms with van der Waals surface area (Å²) in [4.78, 5) is 12.5. The van der Waals surface area contributed by atoms with Crippen molar-refractivity contribution in [2.24, 2.45) is 5.92 Å². The van der Waals surface area contributed by atoms with Crippen molar-refractivity contribution in [3.63, 3.8) is 0 Å². The van der Waals surface area contributed by atoms with E-state index in [1.54, 1.807) is 4.90 Å². The lowest BCUT2D eigenvalue weighted by atomic mass is 9.74. The zero-order valence-corrected chi connectivity index (χ0v) is 7.31. The number of hydrogen-bond donors (Lipinski definition) is 1. The number of rotatable bonds is 1. The van der Waals surface area contributed by atoms with Gasteiger partial charge in [0.15, 0.2) is 0 Å². The molecule has 12 heavy (non-hydrogen) atoms. The Bertz CT molecular complexity index is 195. The quantitative estimate of drug-likeness (QED) is 0.576. The highest BCUT2D eigenvalue weighted by molar-refractivity contribution is 5.49. The number of amides is 1. The van der Waals surface area contributed by atoms with Gasteiger partial charge in [0, 0.05) is 6.04 Å². The summed E-state index contributed by atoms with van der Waals surface area (Å²) >= 11 is 0. The molecule has 3 rings (SSSR count). The molecule has 2 heterocycles. The third-order valence-corrected chi connectivity index (χ3v) is 3.48. The molecular weight excluding hydrogens is 154 g/mol. The predicted molar refractivity (Wildman–Crippen MR) is 44.5 cm³/mol. The van der Waals surface area contributed by atoms with Crippen molar-refractivity contribution in [3.05, 3.63) is 0 Å². The van der Waals surface area contributed by atoms with Gasteiger partial charge in [-0.2, -0.15) is 0 Å². The van der Waals surface area contributed by atoms with Gasteiger partial charge in [-0.1, -0.05) is 0 Å². The summed E-state index contributed by atoms with van der Waals surface area (Å²) in [6.45, 7) is 2.08. The van der Waals surface area contributed by atoms with Crippen LogP contribution in [-0.2, 0) is 4.79 Å². The van der Waals surface area contributed by atoms with Crippen LogP contribution in [0.1, 0.15) is 26.2 Å². The lowest BCUT2D eigenvalue weighted by molar-refractivity contribution is -0.139. The van der Waals surface area contributed by atoms with Gasteiger partial charge in [0.1, 0.15) is 0 Å². The van der Waals surface area contributed by atoms with Crippen LogP contribution in [0.3, 0.4) is 0 Å². The number of aliphatic hydroxyl groups is 1. The van der Waals surface area contributed by atoms with Crippen LogP contribution in [-0.4, -0.2) is 34.6 Å². The Morgan fingerprint density at radius 1 is 1.50 bits per heavy atom. The number of piperidine rings is 2. The van der Waals surface area contributed by atoms with E-state index in [4.69, 9.17) is 0 Å². The smallest absolute Gasteiger partial charge is 0.210 e. The molecule has 3 heteroatoms. The second-order valence-electron chi connectivity index (χ2n) is 4.00. The molecular formula is C9H15NO2. The van der Waals surface area contributed by atoms with Gasteiger partial charge in [0.05, 0.1) is 12.1 Å². The van der Waals surface area contributed by atoms with E-state index in [1.807, 2.05) is 0 Å². The molecule has 3 fully saturated rings. The number of aliphatic hydroxyl groups excluding tert-OH is 1. The first-order valence-corrected chi connectivity index (χ1v) is 4.65. The third kappa shape index (κ3) is 0.959. The van der Waals surface area contributed by atoms with Gasteiger partial charge in [0.25, 0.3) is 0 Å². The maximum atomic E-state index is 10.7. The molecule has 0 unspecified atom stereocenters. The largest absolute Gasteiger partial charge is 0.391 e. The fourth-order valence-electron chi connectivity index (χ4n) is 2.67. The Morgan fingerprint density at radius 3 is 2.75 bits per heavy atom. The molecule has 2 bridgehead atoms. The summed E-state index contributed by atoms with van der Waals surface area (Å²) in [5, 5.41) is 9.62. The van der Waals surface area contributed by atoms with E-state index in [9.17, 15) is 9.90 Å². The van der Waals surface area contributed by atoms with E-state index in [0.717, 1.165) is 19.3 Å². The van der Waals surface area contributed by atoms with Crippen molar-refractivity contribution in [2.75, 3.05) is 0 Å². The second-order valence-corrected chi connectivity index (χ2v) is 4.00. The van der Waals surface area contributed by atoms with Crippen LogP contribution in [0.5, 0.6) is 0 Å². The highest BCUT2D eigenvalue weighted by Gasteiger charge is 2.43. The molecule has 68 valence electrons. The van der Waals surface area contributed by atoms with Crippen LogP contribution in [0.15, 0.2) is 0 Å². The highest BCUT2D eigenvalue weighted by atomic mass is 16.3. The van der Waals surface area contributed by atoms with Crippen molar-refractivity contribution < 1.29 is 9.90 Å². The topological polar surface area (TPSA) is 40.5 Å². The van der Waals surface area contributed by atoms with Gasteiger partial charge in [-0.3, -0.25) is 4.79 Å². The molecule has 1 N–H and O–H groups in total. The molecule has 0 aromatic carbocycles. The van der Waals surface area contributed by atoms with E-state index in [0.29, 0.717) is 12.0 Å². The fourth-order valence-corrected chi connectivity index (χ4v) is 2.67. The maximum absolute atomic E-state index is 10.7. The zero-order chi connectivity index (χ0) is 8.72. The first kappa shape index (κ1) is 8.05. The lowest BCUT2D eigenvalue weighted by Gasteiger charge is -2.51. The Labute approximate surface area is 72.4 Å². The molecule has 0 spiro atoms. The number of nitrogens with zero attached hydrogens (tertiary/aromatic N) is 1. The summed E-state index contributed by atoms with van der Waals surface area (Å²) in [6, 6.07) is 0.437. The van der Waals surface area contributed by atoms with Crippen molar-refractivity contribution in [1.29, 1.82) is 0 Å². The van der Waals surface area contributed by atoms with Gasteiger partial charge in [-0.15, -0.1) is 0 Å². The average molecular weight is 169 g/mol. The summed E-state index contributed by atoms with van der Waals surface area (Å²) < 4.78 is 0. The monoisotopic (exact) mass is 169 g/mol. The Hall–Kier alpha value is -0.570. The van der Waals surface area contributed by atoms with Crippen molar-refractivity contribution >= 4 is 6.41 Å². The summed E-state index contributed by atoms with van der Waals surface area (Å²) in [7, 11) is 0. The van der Waals surface area contributed by atoms with Gasteiger partial charge in [-0.05, 0) is 32.1 Å². The molecule has 3 nitrogen and oxygen atoms in total. The molecule has 0 aromatic rings. The Balaban J connectivity index is 2.20. The molecule has 1 aliphatic carbocycles. The summed E-state index contributed by atoms with van der Waals surface area (Å²) in [6.07, 6.45) is 3.66. The van der Waals surface area contributed by atoms with Gasteiger partial charge >= 0.3 is 0 Å². The van der Waals surface area contributed by atoms with E-state index >= 15 is 0 Å². The number of carbonyl (C=O) groups is 1. The minimum atomic E-state index is -0.273. The van der Waals surface area contributed by atoms with Crippen LogP contribution in [0.25, 0.3) is 0 Å². The lowest BCUT2D eigenvalue weighted by Crippen LogP contribution is -2.59. The predicted octanol–water partition coefficient (Wildman–Crippen LogP) is 0.376. The van der Waals surface area contributed by atoms with Crippen LogP contribution < -0.4 is 0 Å². The third-order valence-electron chi connectivity index (χ3n) is 3.48. The van der Waals surface area contributed by atoms with Crippen LogP contribution >= 0.6 is 0 Å². The van der Waals surface area contributed by atoms with Gasteiger partial charge in [-0.25, -0.2) is 0 Å². The van der Waals surface area contributed by atoms with Crippen LogP contribution in [0, 0.1) is 5.92 Å². The Kier molecular flexibility index (Phi) is 1.83. The molecule has 2 saturated heterocycles. The Morgan fingerprint density at radius 2 is 2.25 bits per heavy atom. The minimum absolute atomic E-state index is 0.0995. The zero-order valence-electron chi connectivity index (χ0n) is 7.31. The number of hydrogen-bond acceptors (Lipinski definition) is 2. The number of fused-ring (bicyclic) bond motifs is 3. The molecule has 1 amide bonds. The fraction of sp³-hybridized carbons (Fsp3) is 0.889. The van der Waals surface area contributed by atoms with Gasteiger partial charge < -0.3 is 10.0 Å². The second kappa shape index (κ2) is 2.73. The first-order valence-electron chi connectivity index (χ1n) is 4.65. The first-order chi connectivity index (χ1) is 5.74. The molecule has 1 saturated carbocycles. The van der Waals surface area contributed by atoms with Crippen molar-refractivity contribution in [1.82, 2.24) is 4.90 Å². The molecule has 2 aliphatic heterocycles. The van der Waals surface area contributed by atoms with Crippen molar-refractivity contribution in [2.45, 2.75) is 44.4 Å². The van der Waals surface area contributed by atoms with E-state index in [2.05, 4.69) is 6.92 Å². The standard InChI is InChI=1S/C9H15NO2/c1-6-7-2-3-8(9(12)4-7)10(6)5-11/h5-9,12H,2-4H2,1H3/t6-,7-,8+,9-/m1/s1. The molecule has 0 aromatic heterocycles. The summed E-state index contributed by atoms with van der Waals surface area (Å²) in [5.74, 6) is 0.523. The highest BCUT2D eigenvalue weighted by Crippen LogP contribution is 2.38.